The standard InChI is InChI=1S/C17H20BrN/c1-12-6-5-7-13(2)16(12)11-15(19)10-14-8-3-4-9-17(14)18/h3-9,15H,10-11,19H2,1-2H3. The number of rotatable bonds is 4. The van der Waals surface area contributed by atoms with Crippen molar-refractivity contribution in [1.82, 2.24) is 0 Å². The van der Waals surface area contributed by atoms with Gasteiger partial charge in [0, 0.05) is 10.5 Å². The molecule has 100 valence electrons. The summed E-state index contributed by atoms with van der Waals surface area (Å²) in [6.45, 7) is 4.32. The molecular weight excluding hydrogens is 298 g/mol. The van der Waals surface area contributed by atoms with Gasteiger partial charge in [-0.2, -0.15) is 0 Å². The highest BCUT2D eigenvalue weighted by atomic mass is 79.9. The molecule has 19 heavy (non-hydrogen) atoms. The number of hydrogen-bond acceptors (Lipinski definition) is 1. The van der Waals surface area contributed by atoms with Gasteiger partial charge in [0.2, 0.25) is 0 Å². The van der Waals surface area contributed by atoms with E-state index in [4.69, 9.17) is 5.73 Å². The van der Waals surface area contributed by atoms with Crippen molar-refractivity contribution in [3.8, 4) is 0 Å². The van der Waals surface area contributed by atoms with Gasteiger partial charge in [-0.15, -0.1) is 0 Å². The van der Waals surface area contributed by atoms with Gasteiger partial charge in [-0.05, 0) is 55.0 Å². The van der Waals surface area contributed by atoms with Gasteiger partial charge in [-0.1, -0.05) is 52.3 Å². The summed E-state index contributed by atoms with van der Waals surface area (Å²) >= 11 is 3.58. The third-order valence-corrected chi connectivity index (χ3v) is 4.32. The van der Waals surface area contributed by atoms with Crippen LogP contribution in [0, 0.1) is 13.8 Å². The maximum atomic E-state index is 6.32. The fourth-order valence-electron chi connectivity index (χ4n) is 2.45. The van der Waals surface area contributed by atoms with Gasteiger partial charge >= 0.3 is 0 Å². The fourth-order valence-corrected chi connectivity index (χ4v) is 2.90. The molecule has 1 nitrogen and oxygen atoms in total. The normalized spacial score (nSPS) is 12.4. The molecule has 0 amide bonds. The molecule has 0 saturated heterocycles. The van der Waals surface area contributed by atoms with Crippen LogP contribution in [0.15, 0.2) is 46.9 Å². The maximum absolute atomic E-state index is 6.32. The molecule has 0 heterocycles. The largest absolute Gasteiger partial charge is 0.327 e. The maximum Gasteiger partial charge on any atom is 0.0207 e. The first-order chi connectivity index (χ1) is 9.08. The average molecular weight is 318 g/mol. The molecular formula is C17H20BrN. The summed E-state index contributed by atoms with van der Waals surface area (Å²) in [6.07, 6.45) is 1.83. The van der Waals surface area contributed by atoms with Crippen LogP contribution < -0.4 is 5.73 Å². The zero-order valence-corrected chi connectivity index (χ0v) is 13.1. The van der Waals surface area contributed by atoms with Crippen molar-refractivity contribution in [2.75, 3.05) is 0 Å². The first-order valence-corrected chi connectivity index (χ1v) is 7.41. The summed E-state index contributed by atoms with van der Waals surface area (Å²) < 4.78 is 1.15. The molecule has 0 spiro atoms. The van der Waals surface area contributed by atoms with Gasteiger partial charge in [0.15, 0.2) is 0 Å². The van der Waals surface area contributed by atoms with Crippen molar-refractivity contribution in [2.45, 2.75) is 32.7 Å². The van der Waals surface area contributed by atoms with Crippen molar-refractivity contribution in [1.29, 1.82) is 0 Å². The molecule has 2 aromatic rings. The lowest BCUT2D eigenvalue weighted by Gasteiger charge is -2.16. The highest BCUT2D eigenvalue weighted by Gasteiger charge is 2.10. The van der Waals surface area contributed by atoms with Gasteiger partial charge in [0.25, 0.3) is 0 Å². The minimum Gasteiger partial charge on any atom is -0.327 e. The van der Waals surface area contributed by atoms with E-state index in [0.29, 0.717) is 0 Å². The number of aryl methyl sites for hydroxylation is 2. The van der Waals surface area contributed by atoms with Gasteiger partial charge in [0.05, 0.1) is 0 Å². The molecule has 2 aromatic carbocycles. The van der Waals surface area contributed by atoms with Crippen LogP contribution in [0.25, 0.3) is 0 Å². The first-order valence-electron chi connectivity index (χ1n) is 6.62. The zero-order chi connectivity index (χ0) is 13.8. The van der Waals surface area contributed by atoms with Crippen molar-refractivity contribution >= 4 is 15.9 Å². The predicted molar refractivity (Wildman–Crippen MR) is 85.4 cm³/mol. The predicted octanol–water partition coefficient (Wildman–Crippen LogP) is 4.18. The van der Waals surface area contributed by atoms with E-state index in [1.807, 2.05) is 6.07 Å². The van der Waals surface area contributed by atoms with Crippen LogP contribution in [0.1, 0.15) is 22.3 Å². The van der Waals surface area contributed by atoms with Crippen LogP contribution in [0.2, 0.25) is 0 Å². The average Bonchev–Trinajstić information content (AvgIpc) is 2.37. The number of hydrogen-bond donors (Lipinski definition) is 1. The number of nitrogens with two attached hydrogens (primary N) is 1. The van der Waals surface area contributed by atoms with Gasteiger partial charge in [-0.3, -0.25) is 0 Å². The first kappa shape index (κ1) is 14.3. The van der Waals surface area contributed by atoms with E-state index in [-0.39, 0.29) is 6.04 Å². The Labute approximate surface area is 124 Å². The Morgan fingerprint density at radius 1 is 0.947 bits per heavy atom. The molecule has 2 rings (SSSR count). The summed E-state index contributed by atoms with van der Waals surface area (Å²) in [4.78, 5) is 0. The molecule has 1 atom stereocenters. The molecule has 0 fully saturated rings. The Hall–Kier alpha value is -1.12. The van der Waals surface area contributed by atoms with Gasteiger partial charge in [-0.25, -0.2) is 0 Å². The van der Waals surface area contributed by atoms with Crippen LogP contribution in [0.5, 0.6) is 0 Å². The molecule has 1 unspecified atom stereocenters. The lowest BCUT2D eigenvalue weighted by molar-refractivity contribution is 0.659. The van der Waals surface area contributed by atoms with E-state index in [1.54, 1.807) is 0 Å². The summed E-state index contributed by atoms with van der Waals surface area (Å²) in [5, 5.41) is 0. The molecule has 0 aliphatic heterocycles. The molecule has 0 saturated carbocycles. The van der Waals surface area contributed by atoms with E-state index < -0.39 is 0 Å². The Morgan fingerprint density at radius 2 is 1.58 bits per heavy atom. The molecule has 0 aliphatic carbocycles. The van der Waals surface area contributed by atoms with E-state index in [9.17, 15) is 0 Å². The second-order valence-corrected chi connectivity index (χ2v) is 5.98. The summed E-state index contributed by atoms with van der Waals surface area (Å²) in [6, 6.07) is 14.9. The van der Waals surface area contributed by atoms with Crippen molar-refractivity contribution < 1.29 is 0 Å². The highest BCUT2D eigenvalue weighted by molar-refractivity contribution is 9.10. The second-order valence-electron chi connectivity index (χ2n) is 5.13. The lowest BCUT2D eigenvalue weighted by Crippen LogP contribution is -2.26. The molecule has 0 aliphatic rings. The van der Waals surface area contributed by atoms with Crippen LogP contribution in [0.3, 0.4) is 0 Å². The summed E-state index contributed by atoms with van der Waals surface area (Å²) in [5.41, 5.74) is 11.7. The fraction of sp³-hybridized carbons (Fsp3) is 0.294. The summed E-state index contributed by atoms with van der Waals surface area (Å²) in [5.74, 6) is 0. The van der Waals surface area contributed by atoms with Gasteiger partial charge in [0.1, 0.15) is 0 Å². The van der Waals surface area contributed by atoms with Crippen LogP contribution >= 0.6 is 15.9 Å². The third kappa shape index (κ3) is 3.68. The van der Waals surface area contributed by atoms with Crippen molar-refractivity contribution in [3.05, 3.63) is 69.2 Å². The van der Waals surface area contributed by atoms with E-state index in [0.717, 1.165) is 17.3 Å². The zero-order valence-electron chi connectivity index (χ0n) is 11.5. The monoisotopic (exact) mass is 317 g/mol. The molecule has 0 bridgehead atoms. The third-order valence-electron chi connectivity index (χ3n) is 3.55. The van der Waals surface area contributed by atoms with Crippen LogP contribution in [0.4, 0.5) is 0 Å². The van der Waals surface area contributed by atoms with Gasteiger partial charge < -0.3 is 5.73 Å². The Balaban J connectivity index is 2.10. The minimum atomic E-state index is 0.151. The van der Waals surface area contributed by atoms with E-state index >= 15 is 0 Å². The Bertz CT molecular complexity index is 543. The lowest BCUT2D eigenvalue weighted by atomic mass is 9.94. The SMILES string of the molecule is Cc1cccc(C)c1CC(N)Cc1ccccc1Br. The van der Waals surface area contributed by atoms with Crippen molar-refractivity contribution in [3.63, 3.8) is 0 Å². The molecule has 0 radical (unpaired) electrons. The molecule has 2 heteroatoms. The Kier molecular flexibility index (Phi) is 4.78. The quantitative estimate of drug-likeness (QED) is 0.899. The summed E-state index contributed by atoms with van der Waals surface area (Å²) in [7, 11) is 0. The van der Waals surface area contributed by atoms with E-state index in [2.05, 4.69) is 66.2 Å². The van der Waals surface area contributed by atoms with Crippen molar-refractivity contribution in [2.24, 2.45) is 5.73 Å². The Morgan fingerprint density at radius 3 is 2.21 bits per heavy atom. The topological polar surface area (TPSA) is 26.0 Å². The molecule has 2 N–H and O–H groups in total. The van der Waals surface area contributed by atoms with Crippen LogP contribution in [-0.2, 0) is 12.8 Å². The smallest absolute Gasteiger partial charge is 0.0207 e. The van der Waals surface area contributed by atoms with E-state index in [1.165, 1.54) is 22.3 Å². The number of benzene rings is 2. The minimum absolute atomic E-state index is 0.151. The highest BCUT2D eigenvalue weighted by Crippen LogP contribution is 2.20. The van der Waals surface area contributed by atoms with Crippen LogP contribution in [-0.4, -0.2) is 6.04 Å². The molecule has 0 aromatic heterocycles. The second kappa shape index (κ2) is 6.36. The number of halogens is 1.